The molecule has 1 aromatic rings. The van der Waals surface area contributed by atoms with Gasteiger partial charge >= 0.3 is 0 Å². The largest absolute Gasteiger partial charge is 0.304 e. The molecule has 0 saturated carbocycles. The van der Waals surface area contributed by atoms with E-state index < -0.39 is 0 Å². The van der Waals surface area contributed by atoms with Gasteiger partial charge < -0.3 is 9.80 Å². The van der Waals surface area contributed by atoms with Gasteiger partial charge in [-0.3, -0.25) is 4.79 Å². The van der Waals surface area contributed by atoms with Gasteiger partial charge in [-0.15, -0.1) is 0 Å². The Kier molecular flexibility index (Phi) is 4.95. The van der Waals surface area contributed by atoms with Crippen LogP contribution in [0.4, 0.5) is 0 Å². The van der Waals surface area contributed by atoms with Gasteiger partial charge in [-0.25, -0.2) is 0 Å². The smallest absolute Gasteiger partial charge is 0.164 e. The lowest BCUT2D eigenvalue weighted by Crippen LogP contribution is -2.45. The number of aryl methyl sites for hydroxylation is 3. The molecule has 20 heavy (non-hydrogen) atoms. The predicted molar refractivity (Wildman–Crippen MR) is 83.5 cm³/mol. The normalized spacial score (nSPS) is 17.4. The van der Waals surface area contributed by atoms with Crippen LogP contribution in [0.1, 0.15) is 33.5 Å². The summed E-state index contributed by atoms with van der Waals surface area (Å²) >= 11 is 0. The molecule has 1 aliphatic rings. The van der Waals surface area contributed by atoms with Crippen LogP contribution in [-0.2, 0) is 0 Å². The van der Waals surface area contributed by atoms with Crippen molar-refractivity contribution in [3.63, 3.8) is 0 Å². The molecule has 0 aromatic heterocycles. The number of hydrogen-bond acceptors (Lipinski definition) is 3. The SMILES string of the molecule is Cc1cc(C)c(C(=O)CCN2CCN(C)CC2)c(C)c1. The molecule has 3 heteroatoms. The first kappa shape index (κ1) is 15.2. The third-order valence-corrected chi connectivity index (χ3v) is 4.21. The highest BCUT2D eigenvalue weighted by atomic mass is 16.1. The number of Topliss-reactive ketones (excluding diaryl/α,β-unsaturated/α-hetero) is 1. The molecule has 110 valence electrons. The monoisotopic (exact) mass is 274 g/mol. The predicted octanol–water partition coefficient (Wildman–Crippen LogP) is 2.43. The lowest BCUT2D eigenvalue weighted by molar-refractivity contribution is 0.0940. The van der Waals surface area contributed by atoms with E-state index in [0.29, 0.717) is 12.2 Å². The van der Waals surface area contributed by atoms with Gasteiger partial charge in [0.1, 0.15) is 0 Å². The second kappa shape index (κ2) is 6.51. The fourth-order valence-electron chi connectivity index (χ4n) is 3.08. The zero-order chi connectivity index (χ0) is 14.7. The van der Waals surface area contributed by atoms with Crippen molar-refractivity contribution in [1.29, 1.82) is 0 Å². The first-order chi connectivity index (χ1) is 9.47. The quantitative estimate of drug-likeness (QED) is 0.788. The lowest BCUT2D eigenvalue weighted by Gasteiger charge is -2.32. The lowest BCUT2D eigenvalue weighted by atomic mass is 9.95. The van der Waals surface area contributed by atoms with Crippen LogP contribution in [0.15, 0.2) is 12.1 Å². The Bertz CT molecular complexity index is 465. The van der Waals surface area contributed by atoms with Crippen molar-refractivity contribution < 1.29 is 4.79 Å². The van der Waals surface area contributed by atoms with Crippen LogP contribution in [0.2, 0.25) is 0 Å². The van der Waals surface area contributed by atoms with E-state index in [2.05, 4.69) is 35.9 Å². The van der Waals surface area contributed by atoms with Crippen molar-refractivity contribution in [3.8, 4) is 0 Å². The molecule has 1 fully saturated rings. The van der Waals surface area contributed by atoms with Crippen LogP contribution in [0.25, 0.3) is 0 Å². The molecule has 0 unspecified atom stereocenters. The summed E-state index contributed by atoms with van der Waals surface area (Å²) in [5.41, 5.74) is 4.40. The van der Waals surface area contributed by atoms with Gasteiger partial charge in [-0.2, -0.15) is 0 Å². The highest BCUT2D eigenvalue weighted by molar-refractivity contribution is 5.99. The second-order valence-corrected chi connectivity index (χ2v) is 6.09. The van der Waals surface area contributed by atoms with Gasteiger partial charge in [0.25, 0.3) is 0 Å². The van der Waals surface area contributed by atoms with Gasteiger partial charge in [0.15, 0.2) is 5.78 Å². The molecule has 0 atom stereocenters. The third-order valence-electron chi connectivity index (χ3n) is 4.21. The number of carbonyl (C=O) groups excluding carboxylic acids is 1. The van der Waals surface area contributed by atoms with Gasteiger partial charge in [-0.1, -0.05) is 17.7 Å². The number of carbonyl (C=O) groups is 1. The average Bonchev–Trinajstić information content (AvgIpc) is 2.37. The van der Waals surface area contributed by atoms with Gasteiger partial charge in [-0.05, 0) is 38.9 Å². The summed E-state index contributed by atoms with van der Waals surface area (Å²) in [4.78, 5) is 17.2. The van der Waals surface area contributed by atoms with E-state index in [-0.39, 0.29) is 0 Å². The molecule has 0 N–H and O–H groups in total. The van der Waals surface area contributed by atoms with E-state index in [1.54, 1.807) is 0 Å². The first-order valence-corrected chi connectivity index (χ1v) is 7.49. The Labute approximate surface area is 122 Å². The van der Waals surface area contributed by atoms with Crippen LogP contribution < -0.4 is 0 Å². The Balaban J connectivity index is 1.95. The van der Waals surface area contributed by atoms with Crippen molar-refractivity contribution in [2.24, 2.45) is 0 Å². The maximum absolute atomic E-state index is 12.5. The average molecular weight is 274 g/mol. The molecule has 1 saturated heterocycles. The zero-order valence-electron chi connectivity index (χ0n) is 13.2. The van der Waals surface area contributed by atoms with Crippen LogP contribution in [0.5, 0.6) is 0 Å². The van der Waals surface area contributed by atoms with Gasteiger partial charge in [0, 0.05) is 44.7 Å². The van der Waals surface area contributed by atoms with Crippen LogP contribution in [-0.4, -0.2) is 55.4 Å². The summed E-state index contributed by atoms with van der Waals surface area (Å²) in [6.07, 6.45) is 0.633. The molecule has 1 aliphatic heterocycles. The minimum atomic E-state index is 0.291. The van der Waals surface area contributed by atoms with E-state index in [4.69, 9.17) is 0 Å². The maximum atomic E-state index is 12.5. The number of piperazine rings is 1. The molecule has 0 aliphatic carbocycles. The molecule has 2 rings (SSSR count). The van der Waals surface area contributed by atoms with Gasteiger partial charge in [0.2, 0.25) is 0 Å². The van der Waals surface area contributed by atoms with Gasteiger partial charge in [0.05, 0.1) is 0 Å². The van der Waals surface area contributed by atoms with E-state index in [9.17, 15) is 4.79 Å². The maximum Gasteiger partial charge on any atom is 0.164 e. The summed E-state index contributed by atoms with van der Waals surface area (Å²) in [7, 11) is 2.15. The summed E-state index contributed by atoms with van der Waals surface area (Å²) in [5.74, 6) is 0.291. The fraction of sp³-hybridized carbons (Fsp3) is 0.588. The molecule has 0 amide bonds. The third kappa shape index (κ3) is 3.68. The van der Waals surface area contributed by atoms with E-state index in [1.807, 2.05) is 13.8 Å². The number of nitrogens with zero attached hydrogens (tertiary/aromatic N) is 2. The minimum Gasteiger partial charge on any atom is -0.304 e. The van der Waals surface area contributed by atoms with Crippen molar-refractivity contribution in [2.75, 3.05) is 39.8 Å². The Morgan fingerprint density at radius 1 is 1.05 bits per heavy atom. The number of likely N-dealkylation sites (N-methyl/N-ethyl adjacent to an activating group) is 1. The van der Waals surface area contributed by atoms with E-state index >= 15 is 0 Å². The van der Waals surface area contributed by atoms with Crippen molar-refractivity contribution >= 4 is 5.78 Å². The summed E-state index contributed by atoms with van der Waals surface area (Å²) in [6, 6.07) is 4.21. The number of hydrogen-bond donors (Lipinski definition) is 0. The van der Waals surface area contributed by atoms with Crippen LogP contribution >= 0.6 is 0 Å². The number of rotatable bonds is 4. The van der Waals surface area contributed by atoms with E-state index in [0.717, 1.165) is 49.4 Å². The number of ketones is 1. The standard InChI is InChI=1S/C17H26N2O/c1-13-11-14(2)17(15(3)12-13)16(20)5-6-19-9-7-18(4)8-10-19/h11-12H,5-10H2,1-4H3. The molecule has 1 heterocycles. The minimum absolute atomic E-state index is 0.291. The van der Waals surface area contributed by atoms with E-state index in [1.165, 1.54) is 5.56 Å². The van der Waals surface area contributed by atoms with Crippen molar-refractivity contribution in [3.05, 3.63) is 34.4 Å². The Hall–Kier alpha value is -1.19. The first-order valence-electron chi connectivity index (χ1n) is 7.49. The highest BCUT2D eigenvalue weighted by Gasteiger charge is 2.17. The fourth-order valence-corrected chi connectivity index (χ4v) is 3.08. The second-order valence-electron chi connectivity index (χ2n) is 6.09. The number of benzene rings is 1. The molecule has 0 spiro atoms. The van der Waals surface area contributed by atoms with Crippen molar-refractivity contribution in [1.82, 2.24) is 9.80 Å². The summed E-state index contributed by atoms with van der Waals surface area (Å²) in [6.45, 7) is 11.4. The van der Waals surface area contributed by atoms with Crippen molar-refractivity contribution in [2.45, 2.75) is 27.2 Å². The topological polar surface area (TPSA) is 23.6 Å². The molecular weight excluding hydrogens is 248 g/mol. The summed E-state index contributed by atoms with van der Waals surface area (Å²) < 4.78 is 0. The highest BCUT2D eigenvalue weighted by Crippen LogP contribution is 2.18. The summed E-state index contributed by atoms with van der Waals surface area (Å²) in [5, 5.41) is 0. The molecular formula is C17H26N2O. The molecule has 3 nitrogen and oxygen atoms in total. The Morgan fingerprint density at radius 3 is 2.15 bits per heavy atom. The Morgan fingerprint density at radius 2 is 1.60 bits per heavy atom. The molecule has 0 bridgehead atoms. The zero-order valence-corrected chi connectivity index (χ0v) is 13.2. The van der Waals surface area contributed by atoms with Crippen LogP contribution in [0, 0.1) is 20.8 Å². The van der Waals surface area contributed by atoms with Crippen LogP contribution in [0.3, 0.4) is 0 Å². The molecule has 0 radical (unpaired) electrons. The molecule has 1 aromatic carbocycles.